The first kappa shape index (κ1) is 11.7. The topological polar surface area (TPSA) is 98.5 Å². The van der Waals surface area contributed by atoms with Crippen molar-refractivity contribution in [3.63, 3.8) is 0 Å². The molecule has 1 saturated heterocycles. The van der Waals surface area contributed by atoms with Gasteiger partial charge in [0.1, 0.15) is 0 Å². The number of urea groups is 1. The van der Waals surface area contributed by atoms with Gasteiger partial charge in [-0.3, -0.25) is 4.79 Å². The fourth-order valence-corrected chi connectivity index (χ4v) is 2.27. The van der Waals surface area contributed by atoms with E-state index in [1.54, 1.807) is 0 Å². The summed E-state index contributed by atoms with van der Waals surface area (Å²) >= 11 is 5.05. The van der Waals surface area contributed by atoms with Crippen molar-refractivity contribution in [2.75, 3.05) is 18.8 Å². The van der Waals surface area contributed by atoms with Gasteiger partial charge in [0.15, 0.2) is 5.75 Å². The second kappa shape index (κ2) is 4.04. The maximum absolute atomic E-state index is 11.3. The van der Waals surface area contributed by atoms with E-state index in [2.05, 4.69) is 0 Å². The summed E-state index contributed by atoms with van der Waals surface area (Å²) in [4.78, 5) is 22.6. The van der Waals surface area contributed by atoms with Gasteiger partial charge in [0, 0.05) is 0 Å². The summed E-state index contributed by atoms with van der Waals surface area (Å²) < 4.78 is 23.1. The Morgan fingerprint density at radius 2 is 2.13 bits per heavy atom. The lowest BCUT2D eigenvalue weighted by Crippen LogP contribution is -2.38. The number of hydrogen-bond donors (Lipinski definition) is 0. The van der Waals surface area contributed by atoms with Crippen molar-refractivity contribution in [3.8, 4) is 6.07 Å². The molecule has 9 heteroatoms. The quantitative estimate of drug-likeness (QED) is 0.506. The van der Waals surface area contributed by atoms with Crippen molar-refractivity contribution < 1.29 is 18.0 Å². The van der Waals surface area contributed by atoms with Crippen LogP contribution in [-0.4, -0.2) is 47.9 Å². The highest BCUT2D eigenvalue weighted by atomic mass is 35.5. The lowest BCUT2D eigenvalue weighted by Gasteiger charge is -2.13. The number of carbonyl (C=O) groups is 2. The highest BCUT2D eigenvalue weighted by Gasteiger charge is 2.39. The molecule has 0 aromatic heterocycles. The molecule has 7 nitrogen and oxygen atoms in total. The molecule has 0 radical (unpaired) electrons. The Morgan fingerprint density at radius 3 is 2.53 bits per heavy atom. The third-order valence-corrected chi connectivity index (χ3v) is 3.47. The Bertz CT molecular complexity index is 440. The molecule has 0 saturated carbocycles. The Morgan fingerprint density at radius 1 is 1.53 bits per heavy atom. The maximum atomic E-state index is 11.3. The van der Waals surface area contributed by atoms with E-state index < -0.39 is 27.2 Å². The minimum atomic E-state index is -3.96. The lowest BCUT2D eigenvalue weighted by molar-refractivity contribution is 0.205. The Balaban J connectivity index is 2.91. The van der Waals surface area contributed by atoms with Crippen LogP contribution in [0.15, 0.2) is 0 Å². The van der Waals surface area contributed by atoms with Crippen molar-refractivity contribution in [2.45, 2.75) is 0 Å². The van der Waals surface area contributed by atoms with Gasteiger partial charge >= 0.3 is 11.4 Å². The Kier molecular flexibility index (Phi) is 3.16. The molecule has 82 valence electrons. The number of rotatable bonds is 2. The van der Waals surface area contributed by atoms with Gasteiger partial charge in [0.2, 0.25) is 0 Å². The molecule has 15 heavy (non-hydrogen) atoms. The minimum Gasteiger partial charge on any atom is -0.255 e. The van der Waals surface area contributed by atoms with Crippen LogP contribution in [-0.2, 0) is 10.0 Å². The first-order valence-corrected chi connectivity index (χ1v) is 5.77. The number of nitrogens with zero attached hydrogens (tertiary/aromatic N) is 3. The molecule has 3 amide bonds. The summed E-state index contributed by atoms with van der Waals surface area (Å²) in [6.45, 7) is -0.257. The smallest absolute Gasteiger partial charge is 0.255 e. The highest BCUT2D eigenvalue weighted by Crippen LogP contribution is 2.15. The van der Waals surface area contributed by atoms with Gasteiger partial charge in [-0.15, -0.1) is 0 Å². The van der Waals surface area contributed by atoms with Crippen molar-refractivity contribution in [2.24, 2.45) is 0 Å². The Hall–Kier alpha value is -1.33. The van der Waals surface area contributed by atoms with Crippen LogP contribution in [0.5, 0.6) is 0 Å². The van der Waals surface area contributed by atoms with Gasteiger partial charge in [-0.05, 0) is 11.6 Å². The van der Waals surface area contributed by atoms with Crippen molar-refractivity contribution in [1.29, 1.82) is 5.26 Å². The molecular weight excluding hydrogens is 246 g/mol. The molecule has 0 aromatic carbocycles. The predicted molar refractivity (Wildman–Crippen MR) is 49.5 cm³/mol. The summed E-state index contributed by atoms with van der Waals surface area (Å²) in [6, 6.07) is 0.422. The van der Waals surface area contributed by atoms with Crippen LogP contribution in [0.4, 0.5) is 9.59 Å². The number of nitriles is 1. The van der Waals surface area contributed by atoms with E-state index in [-0.39, 0.29) is 13.1 Å². The number of halogens is 1. The number of carbonyl (C=O) groups excluding carboxylic acids is 2. The fourth-order valence-electron chi connectivity index (χ4n) is 1.10. The average Bonchev–Trinajstić information content (AvgIpc) is 2.47. The van der Waals surface area contributed by atoms with Crippen LogP contribution >= 0.6 is 11.6 Å². The van der Waals surface area contributed by atoms with Crippen LogP contribution in [0.1, 0.15) is 0 Å². The van der Waals surface area contributed by atoms with Gasteiger partial charge < -0.3 is 0 Å². The molecule has 1 heterocycles. The van der Waals surface area contributed by atoms with E-state index in [1.165, 1.54) is 6.07 Å². The van der Waals surface area contributed by atoms with E-state index >= 15 is 0 Å². The molecule has 0 aromatic rings. The maximum Gasteiger partial charge on any atom is 0.341 e. The predicted octanol–water partition coefficient (Wildman–Crippen LogP) is -0.0638. The SMILES string of the molecule is N#CCS(=O)(=O)N1CCN(C(=O)Cl)C1=O. The fraction of sp³-hybridized carbons (Fsp3) is 0.500. The lowest BCUT2D eigenvalue weighted by atomic mass is 10.7. The minimum absolute atomic E-state index is 0.0914. The number of sulfonamides is 1. The summed E-state index contributed by atoms with van der Waals surface area (Å²) in [5, 5.41) is 7.22. The highest BCUT2D eigenvalue weighted by molar-refractivity contribution is 7.89. The van der Waals surface area contributed by atoms with E-state index in [9.17, 15) is 18.0 Å². The molecular formula is C6H6ClN3O4S. The third-order valence-electron chi connectivity index (χ3n) is 1.77. The van der Waals surface area contributed by atoms with Gasteiger partial charge in [0.25, 0.3) is 10.0 Å². The van der Waals surface area contributed by atoms with E-state index in [4.69, 9.17) is 16.9 Å². The zero-order valence-electron chi connectivity index (χ0n) is 7.38. The van der Waals surface area contributed by atoms with Gasteiger partial charge in [-0.2, -0.15) is 5.26 Å². The Labute approximate surface area is 90.9 Å². The van der Waals surface area contributed by atoms with E-state index in [0.717, 1.165) is 0 Å². The number of imide groups is 1. The normalized spacial score (nSPS) is 16.7. The van der Waals surface area contributed by atoms with E-state index in [0.29, 0.717) is 9.21 Å². The van der Waals surface area contributed by atoms with Crippen LogP contribution < -0.4 is 0 Å². The molecule has 1 aliphatic heterocycles. The van der Waals surface area contributed by atoms with E-state index in [1.807, 2.05) is 0 Å². The van der Waals surface area contributed by atoms with Gasteiger partial charge in [-0.25, -0.2) is 22.4 Å². The zero-order chi connectivity index (χ0) is 11.6. The van der Waals surface area contributed by atoms with Gasteiger partial charge in [-0.1, -0.05) is 0 Å². The first-order chi connectivity index (χ1) is 6.90. The second-order valence-corrected chi connectivity index (χ2v) is 4.89. The first-order valence-electron chi connectivity index (χ1n) is 3.78. The van der Waals surface area contributed by atoms with Crippen LogP contribution in [0.25, 0.3) is 0 Å². The zero-order valence-corrected chi connectivity index (χ0v) is 8.95. The summed E-state index contributed by atoms with van der Waals surface area (Å²) in [7, 11) is -3.96. The molecule has 0 N–H and O–H groups in total. The standard InChI is InChI=1S/C6H6ClN3O4S/c7-5(11)9-2-3-10(6(9)12)15(13,14)4-1-8/h2-4H2. The van der Waals surface area contributed by atoms with Crippen LogP contribution in [0.2, 0.25) is 0 Å². The molecule has 0 spiro atoms. The monoisotopic (exact) mass is 251 g/mol. The number of hydrogen-bond acceptors (Lipinski definition) is 5. The van der Waals surface area contributed by atoms with Crippen molar-refractivity contribution >= 4 is 33.0 Å². The van der Waals surface area contributed by atoms with Crippen molar-refractivity contribution in [3.05, 3.63) is 0 Å². The van der Waals surface area contributed by atoms with Gasteiger partial charge in [0.05, 0.1) is 19.2 Å². The second-order valence-electron chi connectivity index (χ2n) is 2.67. The van der Waals surface area contributed by atoms with Crippen LogP contribution in [0.3, 0.4) is 0 Å². The summed E-state index contributed by atoms with van der Waals surface area (Å²) in [5.74, 6) is -0.803. The summed E-state index contributed by atoms with van der Waals surface area (Å²) in [5.41, 5.74) is 0. The molecule has 1 fully saturated rings. The molecule has 1 rings (SSSR count). The molecule has 1 aliphatic rings. The third kappa shape index (κ3) is 2.19. The van der Waals surface area contributed by atoms with Crippen molar-refractivity contribution in [1.82, 2.24) is 9.21 Å². The molecule has 0 bridgehead atoms. The molecule has 0 unspecified atom stereocenters. The largest absolute Gasteiger partial charge is 0.341 e. The average molecular weight is 252 g/mol. The molecule has 0 aliphatic carbocycles. The van der Waals surface area contributed by atoms with Crippen LogP contribution in [0, 0.1) is 11.3 Å². The summed E-state index contributed by atoms with van der Waals surface area (Å²) in [6.07, 6.45) is 0. The molecule has 0 atom stereocenters. The number of amides is 3.